The molecule has 0 aliphatic carbocycles. The average molecular weight is 1760 g/mol. The van der Waals surface area contributed by atoms with Gasteiger partial charge in [0.2, 0.25) is 35.4 Å². The number of rotatable bonds is 39. The van der Waals surface area contributed by atoms with Crippen molar-refractivity contribution in [2.24, 2.45) is 17.2 Å². The van der Waals surface area contributed by atoms with Crippen LogP contribution >= 0.6 is 0 Å². The molecule has 12 rings (SSSR count). The summed E-state index contributed by atoms with van der Waals surface area (Å²) in [6.45, 7) is 16.8. The summed E-state index contributed by atoms with van der Waals surface area (Å²) in [7, 11) is 0. The molecule has 0 radical (unpaired) electrons. The number of anilines is 3. The summed E-state index contributed by atoms with van der Waals surface area (Å²) in [6, 6.07) is 62.5. The lowest BCUT2D eigenvalue weighted by Gasteiger charge is -2.31. The Balaban J connectivity index is 0.853. The van der Waals surface area contributed by atoms with Crippen LogP contribution in [-0.4, -0.2) is 138 Å². The molecule has 0 saturated heterocycles. The normalized spacial score (nSPS) is 12.3. The Bertz CT molecular complexity index is 5290. The van der Waals surface area contributed by atoms with Gasteiger partial charge in [-0.1, -0.05) is 127 Å². The van der Waals surface area contributed by atoms with Crippen molar-refractivity contribution in [3.63, 3.8) is 0 Å². The number of ether oxygens (including phenoxy) is 6. The van der Waals surface area contributed by atoms with Crippen molar-refractivity contribution in [3.05, 3.63) is 287 Å². The lowest BCUT2D eigenvalue weighted by atomic mass is 9.85. The van der Waals surface area contributed by atoms with Crippen LogP contribution in [0.25, 0.3) is 32.7 Å². The van der Waals surface area contributed by atoms with E-state index in [-0.39, 0.29) is 58.2 Å². The van der Waals surface area contributed by atoms with Crippen molar-refractivity contribution in [1.82, 2.24) is 29.7 Å². The molecule has 3 atom stereocenters. The van der Waals surface area contributed by atoms with Gasteiger partial charge in [0.15, 0.2) is 0 Å². The van der Waals surface area contributed by atoms with E-state index < -0.39 is 94.6 Å². The number of carbonyl (C=O) groups excluding carboxylic acids is 9. The van der Waals surface area contributed by atoms with Gasteiger partial charge < -0.3 is 76.5 Å². The van der Waals surface area contributed by atoms with Gasteiger partial charge in [-0.2, -0.15) is 0 Å². The molecule has 9 aromatic carbocycles. The van der Waals surface area contributed by atoms with Crippen molar-refractivity contribution in [1.29, 1.82) is 0 Å². The fourth-order valence-corrected chi connectivity index (χ4v) is 15.4. The topological polar surface area (TPSA) is 380 Å². The van der Waals surface area contributed by atoms with Crippen LogP contribution in [0.5, 0.6) is 17.2 Å². The Morgan fingerprint density at radius 1 is 0.331 bits per heavy atom. The fourth-order valence-electron chi connectivity index (χ4n) is 15.4. The molecular formula is C103H118N12O15. The highest BCUT2D eigenvalue weighted by Gasteiger charge is 2.42. The standard InChI is InChI=1S/C103H118N12O15/c1-101(2,3)128-98(122)113(91(116)55-73-61-107-85-49-46-79(58-82(73)85)125-64-67-25-13-10-14-26-67)88(31-19-22-52-104)95(119)110-76-40-34-70(35-41-76)94(71-36-42-77(43-37-71)111-96(120)89(32-20-23-53-105)114(99(123)129-102(4,5)6)92(117)56-74-62-108-86-50-47-80(59-83(74)86)126-65-68-27-15-11-16-28-68)72-38-44-78(45-39-72)112-97(121)90(33-21-24-54-106)115(100(124)130-103(7,8)9)93(118)57-75-63-109-87-51-48-81(60-84(75)87)127-66-69-29-17-12-18-30-69/h10-18,25-30,34-51,58-63,88-90,94,107-109H,19-24,31-33,52-57,64-66,104-106H2,1-9H3,(H,110,119)(H,111,120)(H,112,121)/t88-,89-,90-/m0/s1. The van der Waals surface area contributed by atoms with Gasteiger partial charge in [-0.3, -0.25) is 28.8 Å². The van der Waals surface area contributed by atoms with Crippen molar-refractivity contribution in [2.45, 2.75) is 200 Å². The molecule has 12 aromatic rings. The number of H-pyrrole nitrogens is 3. The van der Waals surface area contributed by atoms with Gasteiger partial charge in [-0.15, -0.1) is 0 Å². The highest BCUT2D eigenvalue weighted by Crippen LogP contribution is 2.37. The van der Waals surface area contributed by atoms with E-state index in [1.165, 1.54) is 0 Å². The minimum atomic E-state index is -1.38. The van der Waals surface area contributed by atoms with Gasteiger partial charge in [-0.25, -0.2) is 29.1 Å². The molecule has 0 bridgehead atoms. The van der Waals surface area contributed by atoms with Crippen LogP contribution in [0.1, 0.15) is 176 Å². The fraction of sp³-hybridized carbons (Fsp3) is 0.330. The first-order valence-corrected chi connectivity index (χ1v) is 44.2. The van der Waals surface area contributed by atoms with E-state index in [0.717, 1.165) is 47.9 Å². The Hall–Kier alpha value is -13.9. The third-order valence-electron chi connectivity index (χ3n) is 21.7. The smallest absolute Gasteiger partial charge is 0.417 e. The number of benzene rings is 9. The van der Waals surface area contributed by atoms with Crippen molar-refractivity contribution >= 4 is 103 Å². The predicted molar refractivity (Wildman–Crippen MR) is 504 cm³/mol. The summed E-state index contributed by atoms with van der Waals surface area (Å²) < 4.78 is 36.3. The molecule has 27 heteroatoms. The molecule has 0 fully saturated rings. The van der Waals surface area contributed by atoms with Crippen molar-refractivity contribution in [2.75, 3.05) is 35.6 Å². The minimum Gasteiger partial charge on any atom is -0.489 e. The number of aromatic nitrogens is 3. The number of amides is 9. The van der Waals surface area contributed by atoms with Crippen LogP contribution in [0.4, 0.5) is 31.4 Å². The van der Waals surface area contributed by atoms with Gasteiger partial charge in [0.1, 0.15) is 72.0 Å². The van der Waals surface area contributed by atoms with Crippen LogP contribution in [0.2, 0.25) is 0 Å². The summed E-state index contributed by atoms with van der Waals surface area (Å²) in [4.78, 5) is 147. The SMILES string of the molecule is CC(C)(C)OC(=O)N(C(=O)Cc1c[nH]c2ccc(OCc3ccccc3)cc12)[C@@H](CCCCN)C(=O)Nc1ccc(C(c2ccc(NC(=O)[C@H](CCCCN)N(C(=O)Cc3c[nH]c4ccc(OCc5ccccc5)cc34)C(=O)OC(C)(C)C)cc2)c2ccc(NC(=O)[C@H](CCCCN)N(C(=O)Cc3c[nH]c4ccc(OCc5ccccc5)cc34)C(=O)OC(C)(C)C)cc2)cc1. The lowest BCUT2D eigenvalue weighted by Crippen LogP contribution is -2.52. The van der Waals surface area contributed by atoms with Crippen LogP contribution in [0.3, 0.4) is 0 Å². The maximum atomic E-state index is 15.2. The van der Waals surface area contributed by atoms with E-state index in [4.69, 9.17) is 45.6 Å². The zero-order valence-electron chi connectivity index (χ0n) is 75.3. The second kappa shape index (κ2) is 44.2. The number of aromatic amines is 3. The molecule has 130 heavy (non-hydrogen) atoms. The maximum Gasteiger partial charge on any atom is 0.417 e. The molecule has 0 saturated carbocycles. The Kier molecular flexibility index (Phi) is 32.4. The maximum absolute atomic E-state index is 15.2. The van der Waals surface area contributed by atoms with E-state index in [9.17, 15) is 14.4 Å². The number of fused-ring (bicyclic) bond motifs is 3. The van der Waals surface area contributed by atoms with Gasteiger partial charge in [0.05, 0.1) is 19.3 Å². The number of carbonyl (C=O) groups is 9. The quantitative estimate of drug-likeness (QED) is 0.00981. The largest absolute Gasteiger partial charge is 0.489 e. The Labute approximate surface area is 757 Å². The average Bonchev–Trinajstić information content (AvgIpc) is 1.37. The summed E-state index contributed by atoms with van der Waals surface area (Å²) in [5.41, 5.74) is 24.6. The summed E-state index contributed by atoms with van der Waals surface area (Å²) in [6.07, 6.45) is 3.78. The molecule has 0 aliphatic rings. The van der Waals surface area contributed by atoms with E-state index in [2.05, 4.69) is 30.9 Å². The van der Waals surface area contributed by atoms with Gasteiger partial charge in [0.25, 0.3) is 0 Å². The monoisotopic (exact) mass is 1760 g/mol. The molecule has 9 amide bonds. The third-order valence-corrected chi connectivity index (χ3v) is 21.7. The first-order valence-electron chi connectivity index (χ1n) is 44.2. The molecule has 0 spiro atoms. The number of imide groups is 3. The number of nitrogens with one attached hydrogen (secondary N) is 6. The second-order valence-electron chi connectivity index (χ2n) is 35.3. The van der Waals surface area contributed by atoms with Crippen LogP contribution < -0.4 is 47.4 Å². The molecule has 680 valence electrons. The number of hydrogen-bond donors (Lipinski definition) is 9. The van der Waals surface area contributed by atoms with Gasteiger partial charge in [0, 0.05) is 74.3 Å². The number of unbranched alkanes of at least 4 members (excludes halogenated alkanes) is 3. The molecule has 3 aromatic heterocycles. The van der Waals surface area contributed by atoms with Gasteiger partial charge >= 0.3 is 18.3 Å². The Morgan fingerprint density at radius 3 is 0.823 bits per heavy atom. The third kappa shape index (κ3) is 26.4. The van der Waals surface area contributed by atoms with E-state index in [1.807, 2.05) is 182 Å². The first-order chi connectivity index (χ1) is 62.4. The molecule has 0 aliphatic heterocycles. The first kappa shape index (κ1) is 95.2. The zero-order valence-corrected chi connectivity index (χ0v) is 75.3. The van der Waals surface area contributed by atoms with Crippen LogP contribution in [0.15, 0.2) is 237 Å². The van der Waals surface area contributed by atoms with E-state index in [0.29, 0.717) is 142 Å². The van der Waals surface area contributed by atoms with E-state index in [1.54, 1.807) is 117 Å². The summed E-state index contributed by atoms with van der Waals surface area (Å²) >= 11 is 0. The highest BCUT2D eigenvalue weighted by molar-refractivity contribution is 6.07. The van der Waals surface area contributed by atoms with Gasteiger partial charge in [-0.05, 0) is 281 Å². The zero-order chi connectivity index (χ0) is 92.7. The Morgan fingerprint density at radius 2 is 0.585 bits per heavy atom. The molecular weight excluding hydrogens is 1650 g/mol. The molecule has 27 nitrogen and oxygen atoms in total. The van der Waals surface area contributed by atoms with Crippen LogP contribution in [-0.2, 0) is 82.1 Å². The molecule has 0 unspecified atom stereocenters. The second-order valence-corrected chi connectivity index (χ2v) is 35.3. The number of hydrogen-bond acceptors (Lipinski definition) is 18. The molecule has 3 heterocycles. The lowest BCUT2D eigenvalue weighted by molar-refractivity contribution is -0.137. The van der Waals surface area contributed by atoms with E-state index >= 15 is 28.8 Å². The van der Waals surface area contributed by atoms with Crippen molar-refractivity contribution in [3.8, 4) is 17.2 Å². The molecule has 12 N–H and O–H groups in total. The highest BCUT2D eigenvalue weighted by atomic mass is 16.6. The number of nitrogens with two attached hydrogens (primary N) is 3. The summed E-state index contributed by atoms with van der Waals surface area (Å²) in [5, 5.41) is 11.1. The van der Waals surface area contributed by atoms with Crippen molar-refractivity contribution < 1.29 is 71.6 Å². The number of nitrogens with zero attached hydrogens (tertiary/aromatic N) is 3. The summed E-state index contributed by atoms with van der Waals surface area (Å²) in [5.74, 6) is -3.06. The predicted octanol–water partition coefficient (Wildman–Crippen LogP) is 18.4. The minimum absolute atomic E-state index is 0.0371. The van der Waals surface area contributed by atoms with Crippen LogP contribution in [0, 0.1) is 0 Å².